The molecule has 6 heteroatoms. The molecule has 0 saturated heterocycles. The Kier molecular flexibility index (Phi) is 3.21. The van der Waals surface area contributed by atoms with Gasteiger partial charge in [0.05, 0.1) is 6.20 Å². The predicted octanol–water partition coefficient (Wildman–Crippen LogP) is 2.19. The Morgan fingerprint density at radius 2 is 2.11 bits per heavy atom. The van der Waals surface area contributed by atoms with Crippen molar-refractivity contribution in [3.8, 4) is 11.5 Å². The summed E-state index contributed by atoms with van der Waals surface area (Å²) >= 11 is 3.53. The van der Waals surface area contributed by atoms with Gasteiger partial charge >= 0.3 is 0 Å². The summed E-state index contributed by atoms with van der Waals surface area (Å²) in [7, 11) is 0. The second-order valence-corrected chi connectivity index (χ2v) is 4.86. The first-order valence-electron chi connectivity index (χ1n) is 5.59. The van der Waals surface area contributed by atoms with Crippen molar-refractivity contribution < 1.29 is 9.47 Å². The summed E-state index contributed by atoms with van der Waals surface area (Å²) in [5.41, 5.74) is 2.27. The third-order valence-electron chi connectivity index (χ3n) is 2.74. The maximum Gasteiger partial charge on any atom is 0.231 e. The Bertz CT molecular complexity index is 543. The zero-order chi connectivity index (χ0) is 12.4. The van der Waals surface area contributed by atoms with E-state index in [0.29, 0.717) is 6.79 Å². The largest absolute Gasteiger partial charge is 0.454 e. The summed E-state index contributed by atoms with van der Waals surface area (Å²) in [6.07, 6.45) is 3.68. The standard InChI is InChI=1S/C12H12BrN3O2/c13-10-2-12-11(17-7-18-12)1-9(10)6-14-3-8-4-15-16-5-8/h1-2,4-5,14H,3,6-7H2,(H,15,16). The number of aromatic nitrogens is 2. The predicted molar refractivity (Wildman–Crippen MR) is 69.4 cm³/mol. The van der Waals surface area contributed by atoms with E-state index in [9.17, 15) is 0 Å². The lowest BCUT2D eigenvalue weighted by Gasteiger charge is -2.07. The molecule has 3 rings (SSSR count). The van der Waals surface area contributed by atoms with Crippen molar-refractivity contribution in [2.75, 3.05) is 6.79 Å². The van der Waals surface area contributed by atoms with Gasteiger partial charge in [0.1, 0.15) is 0 Å². The van der Waals surface area contributed by atoms with Gasteiger partial charge in [-0.3, -0.25) is 5.10 Å². The van der Waals surface area contributed by atoms with Crippen LogP contribution in [0.2, 0.25) is 0 Å². The van der Waals surface area contributed by atoms with Crippen LogP contribution in [0.5, 0.6) is 11.5 Å². The average Bonchev–Trinajstić information content (AvgIpc) is 3.00. The highest BCUT2D eigenvalue weighted by Crippen LogP contribution is 2.36. The second-order valence-electron chi connectivity index (χ2n) is 4.01. The number of ether oxygens (including phenoxy) is 2. The minimum absolute atomic E-state index is 0.299. The van der Waals surface area contributed by atoms with Crippen molar-refractivity contribution in [1.82, 2.24) is 15.5 Å². The molecule has 5 nitrogen and oxygen atoms in total. The highest BCUT2D eigenvalue weighted by atomic mass is 79.9. The molecule has 18 heavy (non-hydrogen) atoms. The summed E-state index contributed by atoms with van der Waals surface area (Å²) in [5, 5.41) is 10.0. The molecule has 1 aromatic carbocycles. The van der Waals surface area contributed by atoms with Gasteiger partial charge in [0, 0.05) is 29.3 Å². The zero-order valence-corrected chi connectivity index (χ0v) is 11.2. The number of aromatic amines is 1. The van der Waals surface area contributed by atoms with Crippen LogP contribution in [0.25, 0.3) is 0 Å². The highest BCUT2D eigenvalue weighted by molar-refractivity contribution is 9.10. The van der Waals surface area contributed by atoms with Gasteiger partial charge < -0.3 is 14.8 Å². The van der Waals surface area contributed by atoms with E-state index in [1.807, 2.05) is 24.5 Å². The Balaban J connectivity index is 1.66. The summed E-state index contributed by atoms with van der Waals surface area (Å²) in [6.45, 7) is 1.83. The van der Waals surface area contributed by atoms with E-state index in [1.54, 1.807) is 0 Å². The van der Waals surface area contributed by atoms with E-state index in [0.717, 1.165) is 40.2 Å². The summed E-state index contributed by atoms with van der Waals surface area (Å²) in [4.78, 5) is 0. The molecule has 0 bridgehead atoms. The highest BCUT2D eigenvalue weighted by Gasteiger charge is 2.15. The number of fused-ring (bicyclic) bond motifs is 1. The SMILES string of the molecule is Brc1cc2c(cc1CNCc1cn[nH]c1)OCO2. The number of benzene rings is 1. The monoisotopic (exact) mass is 309 g/mol. The number of hydrogen-bond acceptors (Lipinski definition) is 4. The van der Waals surface area contributed by atoms with E-state index in [2.05, 4.69) is 31.4 Å². The fourth-order valence-electron chi connectivity index (χ4n) is 1.81. The maximum atomic E-state index is 5.36. The molecule has 0 aliphatic carbocycles. The molecule has 2 aromatic rings. The van der Waals surface area contributed by atoms with Crippen LogP contribution < -0.4 is 14.8 Å². The first-order valence-corrected chi connectivity index (χ1v) is 6.38. The molecule has 94 valence electrons. The third kappa shape index (κ3) is 2.34. The van der Waals surface area contributed by atoms with Crippen LogP contribution in [0.1, 0.15) is 11.1 Å². The van der Waals surface area contributed by atoms with Gasteiger partial charge in [0.25, 0.3) is 0 Å². The van der Waals surface area contributed by atoms with E-state index in [4.69, 9.17) is 9.47 Å². The van der Waals surface area contributed by atoms with Gasteiger partial charge in [-0.1, -0.05) is 15.9 Å². The fraction of sp³-hybridized carbons (Fsp3) is 0.250. The molecule has 0 saturated carbocycles. The third-order valence-corrected chi connectivity index (χ3v) is 3.48. The molecular weight excluding hydrogens is 298 g/mol. The van der Waals surface area contributed by atoms with Crippen LogP contribution in [0.15, 0.2) is 29.0 Å². The Hall–Kier alpha value is -1.53. The number of H-pyrrole nitrogens is 1. The van der Waals surface area contributed by atoms with Crippen LogP contribution in [0, 0.1) is 0 Å². The molecule has 2 heterocycles. The van der Waals surface area contributed by atoms with Crippen molar-refractivity contribution in [2.45, 2.75) is 13.1 Å². The Morgan fingerprint density at radius 3 is 2.89 bits per heavy atom. The van der Waals surface area contributed by atoms with E-state index in [-0.39, 0.29) is 0 Å². The molecule has 0 spiro atoms. The number of halogens is 1. The van der Waals surface area contributed by atoms with Crippen molar-refractivity contribution in [1.29, 1.82) is 0 Å². The summed E-state index contributed by atoms with van der Waals surface area (Å²) < 4.78 is 11.7. The Labute approximate surface area is 113 Å². The summed E-state index contributed by atoms with van der Waals surface area (Å²) in [6, 6.07) is 3.94. The molecule has 0 fully saturated rings. The van der Waals surface area contributed by atoms with E-state index in [1.165, 1.54) is 0 Å². The van der Waals surface area contributed by atoms with Gasteiger partial charge in [-0.2, -0.15) is 5.10 Å². The first-order chi connectivity index (χ1) is 8.83. The maximum absolute atomic E-state index is 5.36. The molecular formula is C12H12BrN3O2. The number of hydrogen-bond donors (Lipinski definition) is 2. The Morgan fingerprint density at radius 1 is 1.28 bits per heavy atom. The molecule has 1 aliphatic rings. The van der Waals surface area contributed by atoms with Crippen molar-refractivity contribution in [2.24, 2.45) is 0 Å². The average molecular weight is 310 g/mol. The molecule has 0 amide bonds. The fourth-order valence-corrected chi connectivity index (χ4v) is 2.27. The van der Waals surface area contributed by atoms with Crippen LogP contribution in [-0.2, 0) is 13.1 Å². The topological polar surface area (TPSA) is 59.2 Å². The zero-order valence-electron chi connectivity index (χ0n) is 9.57. The van der Waals surface area contributed by atoms with Crippen LogP contribution in [-0.4, -0.2) is 17.0 Å². The minimum Gasteiger partial charge on any atom is -0.454 e. The molecule has 1 aromatic heterocycles. The molecule has 0 atom stereocenters. The lowest BCUT2D eigenvalue weighted by molar-refractivity contribution is 0.174. The normalized spacial score (nSPS) is 12.9. The van der Waals surface area contributed by atoms with E-state index < -0.39 is 0 Å². The van der Waals surface area contributed by atoms with Crippen molar-refractivity contribution >= 4 is 15.9 Å². The molecule has 1 aliphatic heterocycles. The van der Waals surface area contributed by atoms with Crippen molar-refractivity contribution in [3.05, 3.63) is 40.1 Å². The molecule has 0 radical (unpaired) electrons. The minimum atomic E-state index is 0.299. The van der Waals surface area contributed by atoms with Crippen LogP contribution >= 0.6 is 15.9 Å². The number of nitrogens with one attached hydrogen (secondary N) is 2. The quantitative estimate of drug-likeness (QED) is 0.909. The number of rotatable bonds is 4. The van der Waals surface area contributed by atoms with Gasteiger partial charge in [-0.15, -0.1) is 0 Å². The van der Waals surface area contributed by atoms with Gasteiger partial charge in [0.2, 0.25) is 6.79 Å². The van der Waals surface area contributed by atoms with Gasteiger partial charge in [-0.25, -0.2) is 0 Å². The van der Waals surface area contributed by atoms with Gasteiger partial charge in [0.15, 0.2) is 11.5 Å². The second kappa shape index (κ2) is 4.99. The van der Waals surface area contributed by atoms with Crippen LogP contribution in [0.4, 0.5) is 0 Å². The number of nitrogens with zero attached hydrogens (tertiary/aromatic N) is 1. The summed E-state index contributed by atoms with van der Waals surface area (Å²) in [5.74, 6) is 1.60. The molecule has 2 N–H and O–H groups in total. The van der Waals surface area contributed by atoms with Gasteiger partial charge in [-0.05, 0) is 17.7 Å². The smallest absolute Gasteiger partial charge is 0.231 e. The molecule has 0 unspecified atom stereocenters. The lowest BCUT2D eigenvalue weighted by Crippen LogP contribution is -2.12. The van der Waals surface area contributed by atoms with Crippen molar-refractivity contribution in [3.63, 3.8) is 0 Å². The van der Waals surface area contributed by atoms with E-state index >= 15 is 0 Å². The lowest BCUT2D eigenvalue weighted by atomic mass is 10.2. The first kappa shape index (κ1) is 11.6. The van der Waals surface area contributed by atoms with Crippen LogP contribution in [0.3, 0.4) is 0 Å².